The maximum Gasteiger partial charge on any atom is 0.0275 e. The Labute approximate surface area is 153 Å². The molecule has 4 atom stereocenters. The Morgan fingerprint density at radius 3 is 2.04 bits per heavy atom. The lowest BCUT2D eigenvalue weighted by molar-refractivity contribution is 0.190. The summed E-state index contributed by atoms with van der Waals surface area (Å²) in [5.41, 5.74) is 6.53. The summed E-state index contributed by atoms with van der Waals surface area (Å²) in [6.45, 7) is 0. The van der Waals surface area contributed by atoms with Crippen LogP contribution in [0, 0.1) is 23.7 Å². The van der Waals surface area contributed by atoms with Gasteiger partial charge < -0.3 is 0 Å². The van der Waals surface area contributed by atoms with Gasteiger partial charge in [0.1, 0.15) is 0 Å². The SMILES string of the molecule is Brc1ccc2c(c1)C1(c3cc(Br)ccc3-2)C2CC3CC(C2)C1C3. The average Bonchev–Trinajstić information content (AvgIpc) is 3.05. The van der Waals surface area contributed by atoms with Crippen LogP contribution in [-0.4, -0.2) is 0 Å². The molecule has 0 radical (unpaired) electrons. The molecule has 0 saturated heterocycles. The Kier molecular flexibility index (Phi) is 2.57. The summed E-state index contributed by atoms with van der Waals surface area (Å²) in [5, 5.41) is 0. The van der Waals surface area contributed by atoms with Crippen molar-refractivity contribution in [2.45, 2.75) is 31.1 Å². The first-order valence-corrected chi connectivity index (χ1v) is 10.4. The normalized spacial score (nSPS) is 34.2. The predicted octanol–water partition coefficient (Wildman–Crippen LogP) is 6.54. The lowest BCUT2D eigenvalue weighted by Crippen LogP contribution is -2.40. The predicted molar refractivity (Wildman–Crippen MR) is 100 cm³/mol. The Morgan fingerprint density at radius 2 is 1.43 bits per heavy atom. The molecule has 0 amide bonds. The van der Waals surface area contributed by atoms with E-state index >= 15 is 0 Å². The summed E-state index contributed by atoms with van der Waals surface area (Å²) >= 11 is 7.50. The van der Waals surface area contributed by atoms with E-state index in [0.29, 0.717) is 5.41 Å². The average molecular weight is 430 g/mol. The van der Waals surface area contributed by atoms with Crippen LogP contribution < -0.4 is 0 Å². The summed E-state index contributed by atoms with van der Waals surface area (Å²) < 4.78 is 2.47. The van der Waals surface area contributed by atoms with Crippen molar-refractivity contribution < 1.29 is 0 Å². The fraction of sp³-hybridized carbons (Fsp3) is 0.429. The smallest absolute Gasteiger partial charge is 0.0275 e. The maximum atomic E-state index is 3.75. The second-order valence-electron chi connectivity index (χ2n) is 8.12. The summed E-state index contributed by atoms with van der Waals surface area (Å²) in [6.07, 6.45) is 5.86. The van der Waals surface area contributed by atoms with Crippen LogP contribution in [0.1, 0.15) is 36.8 Å². The molecule has 2 aromatic carbocycles. The highest BCUT2D eigenvalue weighted by Gasteiger charge is 2.65. The van der Waals surface area contributed by atoms with Gasteiger partial charge in [0.25, 0.3) is 0 Å². The molecule has 5 aliphatic rings. The standard InChI is InChI=1S/C21H18Br2/c22-14-1-3-16-17-4-2-15(23)10-20(17)21(19(16)9-14)13-6-11-5-12(8-13)18(21)7-11/h1-4,9-13,18H,5-8H2. The highest BCUT2D eigenvalue weighted by Crippen LogP contribution is 2.73. The Morgan fingerprint density at radius 1 is 0.783 bits per heavy atom. The minimum absolute atomic E-state index is 0.301. The van der Waals surface area contributed by atoms with Crippen molar-refractivity contribution in [1.29, 1.82) is 0 Å². The first kappa shape index (κ1) is 13.7. The monoisotopic (exact) mass is 428 g/mol. The van der Waals surface area contributed by atoms with Gasteiger partial charge in [-0.15, -0.1) is 0 Å². The minimum atomic E-state index is 0.301. The van der Waals surface area contributed by atoms with Gasteiger partial charge in [0.2, 0.25) is 0 Å². The zero-order valence-corrected chi connectivity index (χ0v) is 16.0. The van der Waals surface area contributed by atoms with E-state index in [4.69, 9.17) is 0 Å². The Bertz CT molecular complexity index is 797. The number of benzene rings is 2. The molecule has 23 heavy (non-hydrogen) atoms. The molecule has 4 unspecified atom stereocenters. The van der Waals surface area contributed by atoms with E-state index in [-0.39, 0.29) is 0 Å². The maximum absolute atomic E-state index is 3.75. The molecule has 4 bridgehead atoms. The number of hydrogen-bond acceptors (Lipinski definition) is 0. The van der Waals surface area contributed by atoms with Crippen molar-refractivity contribution >= 4 is 31.9 Å². The molecule has 2 aromatic rings. The van der Waals surface area contributed by atoms with E-state index < -0.39 is 0 Å². The number of rotatable bonds is 0. The third kappa shape index (κ3) is 1.49. The zero-order chi connectivity index (χ0) is 15.3. The van der Waals surface area contributed by atoms with Crippen LogP contribution in [0.15, 0.2) is 45.3 Å². The lowest BCUT2D eigenvalue weighted by atomic mass is 9.59. The van der Waals surface area contributed by atoms with Gasteiger partial charge in [-0.25, -0.2) is 0 Å². The molecular formula is C21H18Br2. The van der Waals surface area contributed by atoms with Crippen LogP contribution in [0.25, 0.3) is 11.1 Å². The highest BCUT2D eigenvalue weighted by molar-refractivity contribution is 9.10. The van der Waals surface area contributed by atoms with Crippen molar-refractivity contribution in [2.75, 3.05) is 0 Å². The highest BCUT2D eigenvalue weighted by atomic mass is 79.9. The molecule has 1 spiro atoms. The summed E-state index contributed by atoms with van der Waals surface area (Å²) in [4.78, 5) is 0. The third-order valence-corrected chi connectivity index (χ3v) is 8.36. The lowest BCUT2D eigenvalue weighted by Gasteiger charge is -2.44. The number of fused-ring (bicyclic) bond motifs is 3. The molecule has 4 saturated carbocycles. The van der Waals surface area contributed by atoms with Gasteiger partial charge >= 0.3 is 0 Å². The molecule has 0 aromatic heterocycles. The molecule has 0 N–H and O–H groups in total. The molecule has 4 fully saturated rings. The molecule has 0 nitrogen and oxygen atoms in total. The van der Waals surface area contributed by atoms with Crippen molar-refractivity contribution in [2.24, 2.45) is 23.7 Å². The summed E-state index contributed by atoms with van der Waals surface area (Å²) in [7, 11) is 0. The fourth-order valence-corrected chi connectivity index (χ4v) is 7.68. The second-order valence-corrected chi connectivity index (χ2v) is 9.95. The van der Waals surface area contributed by atoms with Gasteiger partial charge in [-0.2, -0.15) is 0 Å². The van der Waals surface area contributed by atoms with E-state index in [1.54, 1.807) is 11.1 Å². The van der Waals surface area contributed by atoms with E-state index in [9.17, 15) is 0 Å². The van der Waals surface area contributed by atoms with E-state index in [2.05, 4.69) is 68.3 Å². The van der Waals surface area contributed by atoms with Crippen LogP contribution in [0.2, 0.25) is 0 Å². The van der Waals surface area contributed by atoms with Crippen molar-refractivity contribution in [1.82, 2.24) is 0 Å². The first-order chi connectivity index (χ1) is 11.2. The van der Waals surface area contributed by atoms with Crippen LogP contribution >= 0.6 is 31.9 Å². The van der Waals surface area contributed by atoms with Crippen LogP contribution in [-0.2, 0) is 5.41 Å². The van der Waals surface area contributed by atoms with Crippen LogP contribution in [0.4, 0.5) is 0 Å². The van der Waals surface area contributed by atoms with Crippen molar-refractivity contribution in [3.05, 3.63) is 56.5 Å². The van der Waals surface area contributed by atoms with Crippen LogP contribution in [0.5, 0.6) is 0 Å². The van der Waals surface area contributed by atoms with Gasteiger partial charge in [0.15, 0.2) is 0 Å². The third-order valence-electron chi connectivity index (χ3n) is 7.37. The molecule has 0 aliphatic heterocycles. The van der Waals surface area contributed by atoms with Crippen LogP contribution in [0.3, 0.4) is 0 Å². The molecule has 2 heteroatoms. The minimum Gasteiger partial charge on any atom is -0.0529 e. The van der Waals surface area contributed by atoms with Gasteiger partial charge in [-0.05, 0) is 95.9 Å². The molecular weight excluding hydrogens is 412 g/mol. The van der Waals surface area contributed by atoms with Gasteiger partial charge in [0, 0.05) is 14.4 Å². The number of hydrogen-bond donors (Lipinski definition) is 0. The van der Waals surface area contributed by atoms with E-state index in [0.717, 1.165) is 23.7 Å². The van der Waals surface area contributed by atoms with Crippen molar-refractivity contribution in [3.8, 4) is 11.1 Å². The summed E-state index contributed by atoms with van der Waals surface area (Å²) in [6, 6.07) is 14.0. The van der Waals surface area contributed by atoms with Gasteiger partial charge in [0.05, 0.1) is 0 Å². The Balaban J connectivity index is 1.73. The largest absolute Gasteiger partial charge is 0.0529 e. The zero-order valence-electron chi connectivity index (χ0n) is 12.9. The van der Waals surface area contributed by atoms with Crippen molar-refractivity contribution in [3.63, 3.8) is 0 Å². The molecule has 7 rings (SSSR count). The quantitative estimate of drug-likeness (QED) is 0.445. The molecule has 0 heterocycles. The first-order valence-electron chi connectivity index (χ1n) is 8.78. The summed E-state index contributed by atoms with van der Waals surface area (Å²) in [5.74, 6) is 3.71. The fourth-order valence-electron chi connectivity index (χ4n) is 6.96. The van der Waals surface area contributed by atoms with E-state index in [1.165, 1.54) is 45.8 Å². The van der Waals surface area contributed by atoms with Gasteiger partial charge in [-0.3, -0.25) is 0 Å². The number of halogens is 2. The Hall–Kier alpha value is -0.600. The van der Waals surface area contributed by atoms with Gasteiger partial charge in [-0.1, -0.05) is 44.0 Å². The topological polar surface area (TPSA) is 0 Å². The molecule has 116 valence electrons. The second kappa shape index (κ2) is 4.32. The van der Waals surface area contributed by atoms with E-state index in [1.807, 2.05) is 0 Å². The molecule has 5 aliphatic carbocycles.